The summed E-state index contributed by atoms with van der Waals surface area (Å²) in [4.78, 5) is 0. The van der Waals surface area contributed by atoms with Gasteiger partial charge in [0.25, 0.3) is 0 Å². The molecule has 2 aromatic carbocycles. The highest BCUT2D eigenvalue weighted by atomic mass is 32.2. The third-order valence-corrected chi connectivity index (χ3v) is 5.79. The van der Waals surface area contributed by atoms with E-state index in [0.717, 1.165) is 33.6 Å². The zero-order valence-electron chi connectivity index (χ0n) is 14.9. The molecule has 0 fully saturated rings. The van der Waals surface area contributed by atoms with E-state index in [4.69, 9.17) is 4.18 Å². The van der Waals surface area contributed by atoms with Crippen molar-refractivity contribution in [1.82, 2.24) is 9.78 Å². The third kappa shape index (κ3) is 2.90. The molecule has 0 N–H and O–H groups in total. The molecule has 5 nitrogen and oxygen atoms in total. The van der Waals surface area contributed by atoms with Gasteiger partial charge in [-0.15, -0.1) is 0 Å². The van der Waals surface area contributed by atoms with Gasteiger partial charge in [-0.3, -0.25) is 0 Å². The number of aromatic nitrogens is 2. The van der Waals surface area contributed by atoms with Gasteiger partial charge in [-0.2, -0.15) is 18.2 Å². The smallest absolute Gasteiger partial charge is 0.311 e. The Labute approximate surface area is 153 Å². The van der Waals surface area contributed by atoms with Gasteiger partial charge in [-0.05, 0) is 38.5 Å². The molecule has 0 amide bonds. The molecule has 26 heavy (non-hydrogen) atoms. The first-order chi connectivity index (χ1) is 12.3. The molecule has 0 aliphatic carbocycles. The molecule has 134 valence electrons. The first-order valence-electron chi connectivity index (χ1n) is 8.49. The van der Waals surface area contributed by atoms with E-state index in [0.29, 0.717) is 5.88 Å². The predicted octanol–water partition coefficient (Wildman–Crippen LogP) is 3.65. The fourth-order valence-electron chi connectivity index (χ4n) is 3.66. The molecule has 1 unspecified atom stereocenters. The molecule has 0 spiro atoms. The van der Waals surface area contributed by atoms with Crippen LogP contribution in [0, 0.1) is 20.8 Å². The second kappa shape index (κ2) is 5.99. The van der Waals surface area contributed by atoms with Gasteiger partial charge in [-0.25, -0.2) is 0 Å². The summed E-state index contributed by atoms with van der Waals surface area (Å²) in [6.07, 6.45) is 0. The molecule has 2 heterocycles. The number of hydrogen-bond acceptors (Lipinski definition) is 4. The van der Waals surface area contributed by atoms with Crippen LogP contribution in [0.5, 0.6) is 5.88 Å². The second-order valence-corrected chi connectivity index (χ2v) is 8.45. The quantitative estimate of drug-likeness (QED) is 0.648. The van der Waals surface area contributed by atoms with Crippen LogP contribution in [0.3, 0.4) is 0 Å². The van der Waals surface area contributed by atoms with Gasteiger partial charge < -0.3 is 4.18 Å². The fourth-order valence-corrected chi connectivity index (χ4v) is 4.90. The van der Waals surface area contributed by atoms with Crippen molar-refractivity contribution in [3.8, 4) is 11.6 Å². The van der Waals surface area contributed by atoms with Gasteiger partial charge in [0.2, 0.25) is 5.88 Å². The van der Waals surface area contributed by atoms with E-state index in [2.05, 4.69) is 11.2 Å². The van der Waals surface area contributed by atoms with Crippen molar-refractivity contribution in [2.75, 3.05) is 5.75 Å². The zero-order valence-corrected chi connectivity index (χ0v) is 15.7. The number of benzene rings is 2. The maximum absolute atomic E-state index is 12.5. The normalized spacial score (nSPS) is 18.2. The highest BCUT2D eigenvalue weighted by Gasteiger charge is 2.38. The summed E-state index contributed by atoms with van der Waals surface area (Å²) in [5.41, 5.74) is 5.59. The van der Waals surface area contributed by atoms with Gasteiger partial charge in [0, 0.05) is 11.5 Å². The Balaban J connectivity index is 1.95. The summed E-state index contributed by atoms with van der Waals surface area (Å²) in [6.45, 7) is 5.94. The van der Waals surface area contributed by atoms with E-state index in [1.807, 2.05) is 63.2 Å². The van der Waals surface area contributed by atoms with Crippen molar-refractivity contribution < 1.29 is 12.6 Å². The predicted molar refractivity (Wildman–Crippen MR) is 100 cm³/mol. The number of aryl methyl sites for hydroxylation is 3. The van der Waals surface area contributed by atoms with Gasteiger partial charge in [0.05, 0.1) is 17.1 Å². The molecule has 0 radical (unpaired) electrons. The first kappa shape index (κ1) is 16.8. The van der Waals surface area contributed by atoms with Crippen LogP contribution in [0.4, 0.5) is 0 Å². The molecule has 6 heteroatoms. The SMILES string of the molecule is Cc1cc(C)cc(C2CS(=O)(=O)Oc3c2c(C)nn3-c2ccccc2)c1. The molecule has 0 saturated carbocycles. The summed E-state index contributed by atoms with van der Waals surface area (Å²) in [5.74, 6) is -0.0755. The topological polar surface area (TPSA) is 61.2 Å². The van der Waals surface area contributed by atoms with Gasteiger partial charge in [0.1, 0.15) is 0 Å². The minimum atomic E-state index is -3.70. The standard InChI is InChI=1S/C20H20N2O3S/c1-13-9-14(2)11-16(10-13)18-12-26(23,24)25-20-19(18)15(3)21-22(20)17-7-5-4-6-8-17/h4-11,18H,12H2,1-3H3. The number of hydrogen-bond donors (Lipinski definition) is 0. The molecular formula is C20H20N2O3S. The second-order valence-electron chi connectivity index (χ2n) is 6.83. The van der Waals surface area contributed by atoms with Gasteiger partial charge in [0.15, 0.2) is 0 Å². The van der Waals surface area contributed by atoms with Crippen molar-refractivity contribution in [2.24, 2.45) is 0 Å². The van der Waals surface area contributed by atoms with Crippen molar-refractivity contribution in [1.29, 1.82) is 0 Å². The summed E-state index contributed by atoms with van der Waals surface area (Å²) >= 11 is 0. The minimum absolute atomic E-state index is 0.0792. The molecule has 1 aliphatic rings. The molecule has 3 aromatic rings. The maximum atomic E-state index is 12.5. The van der Waals surface area contributed by atoms with Crippen LogP contribution < -0.4 is 4.18 Å². The van der Waals surface area contributed by atoms with E-state index in [-0.39, 0.29) is 11.7 Å². The number of nitrogens with zero attached hydrogens (tertiary/aromatic N) is 2. The van der Waals surface area contributed by atoms with Crippen LogP contribution >= 0.6 is 0 Å². The summed E-state index contributed by atoms with van der Waals surface area (Å²) in [7, 11) is -3.70. The van der Waals surface area contributed by atoms with Crippen LogP contribution in [0.25, 0.3) is 5.69 Å². The highest BCUT2D eigenvalue weighted by Crippen LogP contribution is 2.41. The Hall–Kier alpha value is -2.60. The molecular weight excluding hydrogens is 348 g/mol. The molecule has 0 bridgehead atoms. The maximum Gasteiger partial charge on any atom is 0.311 e. The van der Waals surface area contributed by atoms with E-state index < -0.39 is 10.1 Å². The van der Waals surface area contributed by atoms with Gasteiger partial charge >= 0.3 is 10.1 Å². The molecule has 1 aromatic heterocycles. The Morgan fingerprint density at radius 3 is 2.35 bits per heavy atom. The number of fused-ring (bicyclic) bond motifs is 1. The Bertz CT molecular complexity index is 1070. The van der Waals surface area contributed by atoms with Crippen LogP contribution in [0.2, 0.25) is 0 Å². The van der Waals surface area contributed by atoms with Crippen LogP contribution in [0.15, 0.2) is 48.5 Å². The van der Waals surface area contributed by atoms with Crippen LogP contribution in [-0.2, 0) is 10.1 Å². The number of rotatable bonds is 2. The Kier molecular flexibility index (Phi) is 3.88. The van der Waals surface area contributed by atoms with Crippen molar-refractivity contribution >= 4 is 10.1 Å². The largest absolute Gasteiger partial charge is 0.361 e. The summed E-state index contributed by atoms with van der Waals surface area (Å²) in [5, 5.41) is 4.58. The van der Waals surface area contributed by atoms with E-state index in [9.17, 15) is 8.42 Å². The Morgan fingerprint density at radius 1 is 1.04 bits per heavy atom. The molecule has 1 atom stereocenters. The van der Waals surface area contributed by atoms with Crippen molar-refractivity contribution in [3.63, 3.8) is 0 Å². The minimum Gasteiger partial charge on any atom is -0.361 e. The van der Waals surface area contributed by atoms with Crippen molar-refractivity contribution in [2.45, 2.75) is 26.7 Å². The van der Waals surface area contributed by atoms with Crippen molar-refractivity contribution in [3.05, 3.63) is 76.5 Å². The molecule has 0 saturated heterocycles. The average Bonchev–Trinajstić information content (AvgIpc) is 2.89. The lowest BCUT2D eigenvalue weighted by Crippen LogP contribution is -2.27. The van der Waals surface area contributed by atoms with Crippen LogP contribution in [0.1, 0.15) is 33.9 Å². The lowest BCUT2D eigenvalue weighted by Gasteiger charge is -2.24. The monoisotopic (exact) mass is 368 g/mol. The van der Waals surface area contributed by atoms with E-state index in [1.54, 1.807) is 4.68 Å². The Morgan fingerprint density at radius 2 is 1.69 bits per heavy atom. The summed E-state index contributed by atoms with van der Waals surface area (Å²) in [6, 6.07) is 15.6. The summed E-state index contributed by atoms with van der Waals surface area (Å²) < 4.78 is 32.0. The third-order valence-electron chi connectivity index (χ3n) is 4.63. The van der Waals surface area contributed by atoms with Crippen LogP contribution in [-0.4, -0.2) is 24.0 Å². The lowest BCUT2D eigenvalue weighted by molar-refractivity contribution is 0.446. The van der Waals surface area contributed by atoms with E-state index in [1.165, 1.54) is 0 Å². The lowest BCUT2D eigenvalue weighted by atomic mass is 9.90. The number of para-hydroxylation sites is 1. The van der Waals surface area contributed by atoms with Gasteiger partial charge in [-0.1, -0.05) is 47.5 Å². The molecule has 4 rings (SSSR count). The first-order valence-corrected chi connectivity index (χ1v) is 10.1. The fraction of sp³-hybridized carbons (Fsp3) is 0.250. The molecule has 1 aliphatic heterocycles. The zero-order chi connectivity index (χ0) is 18.5. The average molecular weight is 368 g/mol. The highest BCUT2D eigenvalue weighted by molar-refractivity contribution is 7.87. The van der Waals surface area contributed by atoms with E-state index >= 15 is 0 Å².